The smallest absolute Gasteiger partial charge is 0.265 e. The van der Waals surface area contributed by atoms with Crippen LogP contribution < -0.4 is 0 Å². The molecule has 0 saturated carbocycles. The number of thiazole rings is 1. The molecule has 3 heterocycles. The highest BCUT2D eigenvalue weighted by Gasteiger charge is 2.30. The minimum Gasteiger partial charge on any atom is -0.338 e. The summed E-state index contributed by atoms with van der Waals surface area (Å²) in [6, 6.07) is 5.06. The standard InChI is InChI=1S/C24H33N3OS/c1-16-14-17(2)21(18(3)15-16)23-25-19(4)22(29-23)24(28)27-12-8-20(9-13-27)26-10-6-5-7-11-26/h14-15,20H,5-13H2,1-4H3. The number of hydrogen-bond donors (Lipinski definition) is 0. The van der Waals surface area contributed by atoms with Crippen LogP contribution in [0.4, 0.5) is 0 Å². The highest BCUT2D eigenvalue weighted by molar-refractivity contribution is 7.17. The second-order valence-electron chi connectivity index (χ2n) is 8.83. The molecule has 156 valence electrons. The second-order valence-corrected chi connectivity index (χ2v) is 9.83. The van der Waals surface area contributed by atoms with Gasteiger partial charge in [0.1, 0.15) is 9.88 Å². The van der Waals surface area contributed by atoms with E-state index in [-0.39, 0.29) is 5.91 Å². The molecule has 1 aromatic heterocycles. The molecule has 4 rings (SSSR count). The number of aryl methyl sites for hydroxylation is 4. The SMILES string of the molecule is Cc1cc(C)c(-c2nc(C)c(C(=O)N3CCC(N4CCCCC4)CC3)s2)c(C)c1. The number of benzene rings is 1. The zero-order chi connectivity index (χ0) is 20.5. The van der Waals surface area contributed by atoms with Crippen LogP contribution in [0.3, 0.4) is 0 Å². The topological polar surface area (TPSA) is 36.4 Å². The molecule has 2 aliphatic rings. The molecule has 0 spiro atoms. The molecular weight excluding hydrogens is 378 g/mol. The Morgan fingerprint density at radius 3 is 2.21 bits per heavy atom. The zero-order valence-corrected chi connectivity index (χ0v) is 19.1. The molecule has 29 heavy (non-hydrogen) atoms. The normalized spacial score (nSPS) is 19.0. The fourth-order valence-electron chi connectivity index (χ4n) is 5.08. The Labute approximate surface area is 178 Å². The van der Waals surface area contributed by atoms with Crippen molar-refractivity contribution in [3.63, 3.8) is 0 Å². The summed E-state index contributed by atoms with van der Waals surface area (Å²) in [6.45, 7) is 12.6. The fraction of sp³-hybridized carbons (Fsp3) is 0.583. The Morgan fingerprint density at radius 1 is 0.966 bits per heavy atom. The molecule has 2 aliphatic heterocycles. The highest BCUT2D eigenvalue weighted by atomic mass is 32.1. The van der Waals surface area contributed by atoms with Crippen LogP contribution in [-0.4, -0.2) is 52.9 Å². The van der Waals surface area contributed by atoms with Crippen LogP contribution >= 0.6 is 11.3 Å². The van der Waals surface area contributed by atoms with Crippen molar-refractivity contribution in [1.82, 2.24) is 14.8 Å². The summed E-state index contributed by atoms with van der Waals surface area (Å²) >= 11 is 1.56. The van der Waals surface area contributed by atoms with Gasteiger partial charge in [-0.1, -0.05) is 24.1 Å². The van der Waals surface area contributed by atoms with Crippen LogP contribution in [0.25, 0.3) is 10.6 Å². The minimum atomic E-state index is 0.172. The largest absolute Gasteiger partial charge is 0.338 e. The molecule has 0 atom stereocenters. The molecule has 0 bridgehead atoms. The molecule has 5 heteroatoms. The van der Waals surface area contributed by atoms with Crippen molar-refractivity contribution >= 4 is 17.2 Å². The number of rotatable bonds is 3. The van der Waals surface area contributed by atoms with Gasteiger partial charge < -0.3 is 9.80 Å². The van der Waals surface area contributed by atoms with Crippen molar-refractivity contribution < 1.29 is 4.79 Å². The summed E-state index contributed by atoms with van der Waals surface area (Å²) in [5, 5.41) is 0.976. The Kier molecular flexibility index (Phi) is 6.07. The number of amides is 1. The Morgan fingerprint density at radius 2 is 1.59 bits per heavy atom. The van der Waals surface area contributed by atoms with E-state index in [4.69, 9.17) is 4.98 Å². The molecule has 0 aliphatic carbocycles. The van der Waals surface area contributed by atoms with Gasteiger partial charge in [0.25, 0.3) is 5.91 Å². The van der Waals surface area contributed by atoms with Gasteiger partial charge in [-0.05, 0) is 77.6 Å². The van der Waals surface area contributed by atoms with Crippen LogP contribution in [0, 0.1) is 27.7 Å². The number of carbonyl (C=O) groups excluding carboxylic acids is 1. The van der Waals surface area contributed by atoms with Gasteiger partial charge in [-0.25, -0.2) is 4.98 Å². The maximum Gasteiger partial charge on any atom is 0.265 e. The van der Waals surface area contributed by atoms with Gasteiger partial charge in [-0.3, -0.25) is 4.79 Å². The first-order valence-electron chi connectivity index (χ1n) is 11.0. The Balaban J connectivity index is 1.48. The van der Waals surface area contributed by atoms with Crippen LogP contribution in [0.15, 0.2) is 12.1 Å². The Hall–Kier alpha value is -1.72. The lowest BCUT2D eigenvalue weighted by Crippen LogP contribution is -2.48. The van der Waals surface area contributed by atoms with Crippen molar-refractivity contribution in [3.05, 3.63) is 39.4 Å². The lowest BCUT2D eigenvalue weighted by atomic mass is 10.00. The lowest BCUT2D eigenvalue weighted by molar-refractivity contribution is 0.0593. The first-order chi connectivity index (χ1) is 13.9. The van der Waals surface area contributed by atoms with Gasteiger partial charge in [-0.15, -0.1) is 11.3 Å². The second kappa shape index (κ2) is 8.57. The van der Waals surface area contributed by atoms with Crippen LogP contribution in [-0.2, 0) is 0 Å². The average molecular weight is 412 g/mol. The van der Waals surface area contributed by atoms with Crippen molar-refractivity contribution in [1.29, 1.82) is 0 Å². The number of piperidine rings is 2. The first-order valence-corrected chi connectivity index (χ1v) is 11.8. The van der Waals surface area contributed by atoms with Gasteiger partial charge in [0, 0.05) is 24.7 Å². The molecular formula is C24H33N3OS. The molecule has 2 aromatic rings. The van der Waals surface area contributed by atoms with Crippen molar-refractivity contribution in [3.8, 4) is 10.6 Å². The molecule has 2 fully saturated rings. The first kappa shape index (κ1) is 20.5. The lowest BCUT2D eigenvalue weighted by Gasteiger charge is -2.40. The molecule has 1 amide bonds. The monoisotopic (exact) mass is 411 g/mol. The third kappa shape index (κ3) is 4.26. The van der Waals surface area contributed by atoms with E-state index in [1.807, 2.05) is 6.92 Å². The Bertz CT molecular complexity index is 867. The summed E-state index contributed by atoms with van der Waals surface area (Å²) in [4.78, 5) is 23.6. The van der Waals surface area contributed by atoms with E-state index in [2.05, 4.69) is 42.7 Å². The fourth-order valence-corrected chi connectivity index (χ4v) is 6.29. The van der Waals surface area contributed by atoms with Crippen molar-refractivity contribution in [2.75, 3.05) is 26.2 Å². The van der Waals surface area contributed by atoms with Crippen LogP contribution in [0.5, 0.6) is 0 Å². The van der Waals surface area contributed by atoms with Crippen LogP contribution in [0.2, 0.25) is 0 Å². The van der Waals surface area contributed by atoms with E-state index in [9.17, 15) is 4.79 Å². The third-order valence-electron chi connectivity index (χ3n) is 6.54. The van der Waals surface area contributed by atoms with Gasteiger partial charge in [0.2, 0.25) is 0 Å². The highest BCUT2D eigenvalue weighted by Crippen LogP contribution is 2.34. The number of likely N-dealkylation sites (tertiary alicyclic amines) is 2. The van der Waals surface area contributed by atoms with Gasteiger partial charge in [0.05, 0.1) is 5.69 Å². The number of hydrogen-bond acceptors (Lipinski definition) is 4. The molecule has 2 saturated heterocycles. The van der Waals surface area contributed by atoms with Crippen LogP contribution in [0.1, 0.15) is 64.2 Å². The molecule has 0 radical (unpaired) electrons. The number of aromatic nitrogens is 1. The van der Waals surface area contributed by atoms with Crippen molar-refractivity contribution in [2.45, 2.75) is 65.8 Å². The predicted molar refractivity (Wildman–Crippen MR) is 121 cm³/mol. The average Bonchev–Trinajstić information content (AvgIpc) is 3.08. The third-order valence-corrected chi connectivity index (χ3v) is 7.70. The van der Waals surface area contributed by atoms with E-state index in [1.165, 1.54) is 54.6 Å². The summed E-state index contributed by atoms with van der Waals surface area (Å²) < 4.78 is 0. The quantitative estimate of drug-likeness (QED) is 0.702. The molecule has 1 aromatic carbocycles. The summed E-state index contributed by atoms with van der Waals surface area (Å²) in [6.07, 6.45) is 6.25. The maximum absolute atomic E-state index is 13.3. The van der Waals surface area contributed by atoms with Gasteiger partial charge in [0.15, 0.2) is 0 Å². The van der Waals surface area contributed by atoms with E-state index < -0.39 is 0 Å². The van der Waals surface area contributed by atoms with Gasteiger partial charge >= 0.3 is 0 Å². The zero-order valence-electron chi connectivity index (χ0n) is 18.3. The van der Waals surface area contributed by atoms with E-state index in [0.29, 0.717) is 6.04 Å². The van der Waals surface area contributed by atoms with E-state index in [0.717, 1.165) is 41.5 Å². The molecule has 4 nitrogen and oxygen atoms in total. The van der Waals surface area contributed by atoms with E-state index in [1.54, 1.807) is 11.3 Å². The maximum atomic E-state index is 13.3. The predicted octanol–water partition coefficient (Wildman–Crippen LogP) is 5.13. The summed E-state index contributed by atoms with van der Waals surface area (Å²) in [7, 11) is 0. The van der Waals surface area contributed by atoms with Crippen molar-refractivity contribution in [2.24, 2.45) is 0 Å². The number of nitrogens with zero attached hydrogens (tertiary/aromatic N) is 3. The van der Waals surface area contributed by atoms with E-state index >= 15 is 0 Å². The summed E-state index contributed by atoms with van der Waals surface area (Å²) in [5.74, 6) is 0.172. The minimum absolute atomic E-state index is 0.172. The number of carbonyl (C=O) groups is 1. The van der Waals surface area contributed by atoms with Gasteiger partial charge in [-0.2, -0.15) is 0 Å². The molecule has 0 N–H and O–H groups in total. The molecule has 0 unspecified atom stereocenters. The summed E-state index contributed by atoms with van der Waals surface area (Å²) in [5.41, 5.74) is 5.79.